The van der Waals surface area contributed by atoms with Gasteiger partial charge in [0, 0.05) is 6.04 Å². The molecule has 0 spiro atoms. The first-order valence-electron chi connectivity index (χ1n) is 7.82. The minimum Gasteiger partial charge on any atom is -0.445 e. The highest BCUT2D eigenvalue weighted by Crippen LogP contribution is 2.07. The van der Waals surface area contributed by atoms with Crippen LogP contribution in [-0.2, 0) is 35.8 Å². The summed E-state index contributed by atoms with van der Waals surface area (Å²) in [7, 11) is -7.75. The highest BCUT2D eigenvalue weighted by molar-refractivity contribution is 7.86. The van der Waals surface area contributed by atoms with Gasteiger partial charge in [0.1, 0.15) is 6.61 Å². The Kier molecular flexibility index (Phi) is 8.99. The molecule has 11 heteroatoms. The Morgan fingerprint density at radius 1 is 1.15 bits per heavy atom. The second-order valence-corrected chi connectivity index (χ2v) is 8.86. The fourth-order valence-electron chi connectivity index (χ4n) is 2.05. The van der Waals surface area contributed by atoms with Crippen molar-refractivity contribution in [3.05, 3.63) is 35.9 Å². The molecule has 0 heterocycles. The number of rotatable bonds is 11. The topological polar surface area (TPSA) is 136 Å². The van der Waals surface area contributed by atoms with E-state index >= 15 is 0 Å². The highest BCUT2D eigenvalue weighted by Gasteiger charge is 2.17. The van der Waals surface area contributed by atoms with Crippen LogP contribution in [0.15, 0.2) is 30.3 Å². The first-order chi connectivity index (χ1) is 12.1. The Morgan fingerprint density at radius 3 is 2.38 bits per heavy atom. The highest BCUT2D eigenvalue weighted by atomic mass is 32.2. The van der Waals surface area contributed by atoms with Gasteiger partial charge in [0.05, 0.1) is 18.6 Å². The Bertz CT molecular complexity index is 762. The lowest BCUT2D eigenvalue weighted by Gasteiger charge is -2.18. The normalized spacial score (nSPS) is 13.2. The Hall–Kier alpha value is -1.69. The van der Waals surface area contributed by atoms with Crippen LogP contribution in [0.4, 0.5) is 4.79 Å². The van der Waals surface area contributed by atoms with E-state index < -0.39 is 38.1 Å². The van der Waals surface area contributed by atoms with E-state index in [0.29, 0.717) is 0 Å². The van der Waals surface area contributed by atoms with Crippen molar-refractivity contribution in [2.75, 3.05) is 18.6 Å². The van der Waals surface area contributed by atoms with Crippen molar-refractivity contribution in [2.24, 2.45) is 0 Å². The minimum absolute atomic E-state index is 0.0435. The standard InChI is InChI=1S/C15H23NO8S2/c1-25(18,19)24-10-5-8-14(9-11-26(20,21)22)16-15(17)23-12-13-6-3-2-4-7-13/h2-4,6-7,14H,5,8-12H2,1H3,(H,16,17)(H,20,21,22)/t14-/m0/s1. The van der Waals surface area contributed by atoms with Crippen LogP contribution in [0.1, 0.15) is 24.8 Å². The molecular formula is C15H23NO8S2. The van der Waals surface area contributed by atoms with E-state index in [9.17, 15) is 21.6 Å². The predicted octanol–water partition coefficient (Wildman–Crippen LogP) is 1.32. The number of benzene rings is 1. The lowest BCUT2D eigenvalue weighted by Crippen LogP contribution is -2.36. The molecule has 0 aliphatic carbocycles. The molecule has 1 amide bonds. The smallest absolute Gasteiger partial charge is 0.407 e. The van der Waals surface area contributed by atoms with Gasteiger partial charge in [-0.1, -0.05) is 30.3 Å². The Morgan fingerprint density at radius 2 is 1.81 bits per heavy atom. The van der Waals surface area contributed by atoms with E-state index in [1.807, 2.05) is 6.07 Å². The summed E-state index contributed by atoms with van der Waals surface area (Å²) in [4.78, 5) is 11.9. The van der Waals surface area contributed by atoms with E-state index in [2.05, 4.69) is 9.50 Å². The van der Waals surface area contributed by atoms with Crippen molar-refractivity contribution >= 4 is 26.3 Å². The summed E-state index contributed by atoms with van der Waals surface area (Å²) in [6, 6.07) is 8.37. The lowest BCUT2D eigenvalue weighted by atomic mass is 10.1. The van der Waals surface area contributed by atoms with E-state index in [0.717, 1.165) is 11.8 Å². The third-order valence-corrected chi connectivity index (χ3v) is 4.60. The van der Waals surface area contributed by atoms with Gasteiger partial charge in [-0.15, -0.1) is 0 Å². The molecule has 0 aromatic heterocycles. The van der Waals surface area contributed by atoms with Gasteiger partial charge in [-0.25, -0.2) is 4.79 Å². The van der Waals surface area contributed by atoms with Crippen molar-refractivity contribution in [2.45, 2.75) is 31.9 Å². The van der Waals surface area contributed by atoms with Crippen LogP contribution in [-0.4, -0.2) is 52.1 Å². The fraction of sp³-hybridized carbons (Fsp3) is 0.533. The van der Waals surface area contributed by atoms with Gasteiger partial charge in [-0.3, -0.25) is 8.74 Å². The average molecular weight is 409 g/mol. The van der Waals surface area contributed by atoms with Crippen molar-refractivity contribution in [3.63, 3.8) is 0 Å². The minimum atomic E-state index is -4.18. The predicted molar refractivity (Wildman–Crippen MR) is 94.6 cm³/mol. The molecule has 1 aromatic rings. The summed E-state index contributed by atoms with van der Waals surface area (Å²) in [5.41, 5.74) is 0.790. The van der Waals surface area contributed by atoms with Gasteiger partial charge >= 0.3 is 6.09 Å². The SMILES string of the molecule is CS(=O)(=O)OCCC[C@@H](CCS(=O)(=O)O)NC(=O)OCc1ccccc1. The van der Waals surface area contributed by atoms with E-state index in [1.54, 1.807) is 24.3 Å². The largest absolute Gasteiger partial charge is 0.445 e. The van der Waals surface area contributed by atoms with Gasteiger partial charge in [-0.05, 0) is 24.8 Å². The van der Waals surface area contributed by atoms with Gasteiger partial charge in [0.2, 0.25) is 0 Å². The summed E-state index contributed by atoms with van der Waals surface area (Å²) in [6.07, 6.45) is 0.659. The molecule has 0 aliphatic heterocycles. The first-order valence-corrected chi connectivity index (χ1v) is 11.2. The summed E-state index contributed by atoms with van der Waals surface area (Å²) in [5.74, 6) is -0.538. The number of alkyl carbamates (subject to hydrolysis) is 1. The monoisotopic (exact) mass is 409 g/mol. The molecule has 0 bridgehead atoms. The van der Waals surface area contributed by atoms with Crippen LogP contribution in [0.25, 0.3) is 0 Å². The molecule has 0 fully saturated rings. The van der Waals surface area contributed by atoms with Crippen LogP contribution < -0.4 is 5.32 Å². The van der Waals surface area contributed by atoms with Crippen LogP contribution in [0.3, 0.4) is 0 Å². The number of amides is 1. The van der Waals surface area contributed by atoms with E-state index in [1.165, 1.54) is 0 Å². The molecule has 0 saturated carbocycles. The van der Waals surface area contributed by atoms with Crippen molar-refractivity contribution in [3.8, 4) is 0 Å². The van der Waals surface area contributed by atoms with Crippen molar-refractivity contribution < 1.29 is 35.1 Å². The summed E-state index contributed by atoms with van der Waals surface area (Å²) < 4.78 is 62.1. The first kappa shape index (κ1) is 22.4. The zero-order chi connectivity index (χ0) is 19.6. The molecule has 9 nitrogen and oxygen atoms in total. The molecular weight excluding hydrogens is 386 g/mol. The maximum absolute atomic E-state index is 11.9. The van der Waals surface area contributed by atoms with Gasteiger partial charge in [-0.2, -0.15) is 16.8 Å². The molecule has 0 aliphatic rings. The zero-order valence-electron chi connectivity index (χ0n) is 14.3. The number of nitrogens with one attached hydrogen (secondary N) is 1. The quantitative estimate of drug-likeness (QED) is 0.317. The van der Waals surface area contributed by atoms with Crippen molar-refractivity contribution in [1.29, 1.82) is 0 Å². The third kappa shape index (κ3) is 11.8. The lowest BCUT2D eigenvalue weighted by molar-refractivity contribution is 0.134. The summed E-state index contributed by atoms with van der Waals surface area (Å²) in [6.45, 7) is -0.0448. The van der Waals surface area contributed by atoms with Crippen LogP contribution in [0, 0.1) is 0 Å². The molecule has 26 heavy (non-hydrogen) atoms. The van der Waals surface area contributed by atoms with Gasteiger partial charge in [0.25, 0.3) is 20.2 Å². The van der Waals surface area contributed by atoms with E-state index in [-0.39, 0.29) is 32.5 Å². The average Bonchev–Trinajstić information content (AvgIpc) is 2.53. The van der Waals surface area contributed by atoms with E-state index in [4.69, 9.17) is 9.29 Å². The maximum Gasteiger partial charge on any atom is 0.407 e. The number of carbonyl (C=O) groups excluding carboxylic acids is 1. The molecule has 0 unspecified atom stereocenters. The number of hydrogen-bond acceptors (Lipinski definition) is 7. The molecule has 1 atom stereocenters. The van der Waals surface area contributed by atoms with Gasteiger partial charge < -0.3 is 10.1 Å². The molecule has 148 valence electrons. The number of ether oxygens (including phenoxy) is 1. The maximum atomic E-state index is 11.9. The van der Waals surface area contributed by atoms with Crippen molar-refractivity contribution in [1.82, 2.24) is 5.32 Å². The molecule has 0 radical (unpaired) electrons. The molecule has 1 rings (SSSR count). The third-order valence-electron chi connectivity index (χ3n) is 3.25. The Balaban J connectivity index is 2.49. The zero-order valence-corrected chi connectivity index (χ0v) is 16.0. The molecule has 2 N–H and O–H groups in total. The molecule has 1 aromatic carbocycles. The van der Waals surface area contributed by atoms with Gasteiger partial charge in [0.15, 0.2) is 0 Å². The number of hydrogen-bond donors (Lipinski definition) is 2. The second-order valence-electron chi connectivity index (χ2n) is 5.65. The second kappa shape index (κ2) is 10.5. The number of carbonyl (C=O) groups is 1. The molecule has 0 saturated heterocycles. The Labute approximate surface area is 153 Å². The van der Waals surface area contributed by atoms with Crippen LogP contribution in [0.5, 0.6) is 0 Å². The fourth-order valence-corrected chi connectivity index (χ4v) is 3.05. The summed E-state index contributed by atoms with van der Waals surface area (Å²) >= 11 is 0. The van der Waals surface area contributed by atoms with Crippen LogP contribution in [0.2, 0.25) is 0 Å². The van der Waals surface area contributed by atoms with Crippen LogP contribution >= 0.6 is 0 Å². The summed E-state index contributed by atoms with van der Waals surface area (Å²) in [5, 5.41) is 2.52.